The molecule has 4 N–H and O–H groups in total. The Kier molecular flexibility index (Phi) is 4.19. The molecule has 0 fully saturated rings. The number of hydrogen-bond acceptors (Lipinski definition) is 4. The minimum Gasteiger partial charge on any atom is -0.326 e. The van der Waals surface area contributed by atoms with Gasteiger partial charge < -0.3 is 5.73 Å². The molecule has 0 radical (unpaired) electrons. The van der Waals surface area contributed by atoms with E-state index in [1.165, 1.54) is 22.6 Å². The summed E-state index contributed by atoms with van der Waals surface area (Å²) in [6.07, 6.45) is -3.17. The van der Waals surface area contributed by atoms with Crippen molar-refractivity contribution in [3.8, 4) is 0 Å². The molecule has 0 unspecified atom stereocenters. The van der Waals surface area contributed by atoms with Gasteiger partial charge in [0.2, 0.25) is 0 Å². The van der Waals surface area contributed by atoms with E-state index in [-0.39, 0.29) is 12.4 Å². The minimum absolute atomic E-state index is 0.00492. The monoisotopic (exact) mass is 287 g/mol. The Hall–Kier alpha value is -1.33. The van der Waals surface area contributed by atoms with Crippen LogP contribution in [-0.4, -0.2) is 30.9 Å². The van der Waals surface area contributed by atoms with Crippen LogP contribution in [0.4, 0.5) is 19.0 Å². The highest BCUT2D eigenvalue weighted by Crippen LogP contribution is 2.15. The molecule has 1 aromatic rings. The van der Waals surface area contributed by atoms with Crippen molar-refractivity contribution in [1.82, 2.24) is 14.5 Å². The Balaban J connectivity index is 2.76. The highest BCUT2D eigenvalue weighted by molar-refractivity contribution is 7.90. The Morgan fingerprint density at radius 1 is 1.50 bits per heavy atom. The summed E-state index contributed by atoms with van der Waals surface area (Å²) in [5.41, 5.74) is 5.71. The van der Waals surface area contributed by atoms with Crippen LogP contribution in [0.5, 0.6) is 0 Å². The second-order valence-electron chi connectivity index (χ2n) is 3.42. The molecule has 7 nitrogen and oxygen atoms in total. The minimum atomic E-state index is -4.63. The largest absolute Gasteiger partial charge is 0.402 e. The van der Waals surface area contributed by atoms with Gasteiger partial charge in [-0.05, 0) is 0 Å². The summed E-state index contributed by atoms with van der Waals surface area (Å²) in [6, 6.07) is 0. The van der Waals surface area contributed by atoms with Crippen LogP contribution in [0.2, 0.25) is 0 Å². The fraction of sp³-hybridized carbons (Fsp3) is 0.571. The summed E-state index contributed by atoms with van der Waals surface area (Å²) in [4.78, 5) is 0. The maximum absolute atomic E-state index is 11.9. The molecule has 0 amide bonds. The lowest BCUT2D eigenvalue weighted by Gasteiger charge is -2.10. The van der Waals surface area contributed by atoms with Crippen molar-refractivity contribution in [2.24, 2.45) is 12.8 Å². The molecule has 0 aliphatic heterocycles. The van der Waals surface area contributed by atoms with E-state index < -0.39 is 22.9 Å². The molecule has 0 aromatic carbocycles. The van der Waals surface area contributed by atoms with E-state index in [9.17, 15) is 21.6 Å². The number of nitrogens with two attached hydrogens (primary N) is 1. The molecule has 0 saturated heterocycles. The highest BCUT2D eigenvalue weighted by Gasteiger charge is 2.29. The van der Waals surface area contributed by atoms with Crippen molar-refractivity contribution in [2.45, 2.75) is 12.7 Å². The molecule has 0 saturated carbocycles. The smallest absolute Gasteiger partial charge is 0.326 e. The summed E-state index contributed by atoms with van der Waals surface area (Å²) >= 11 is 0. The highest BCUT2D eigenvalue weighted by atomic mass is 32.2. The third-order valence-electron chi connectivity index (χ3n) is 1.82. The van der Waals surface area contributed by atoms with Crippen LogP contribution in [0.3, 0.4) is 0 Å². The van der Waals surface area contributed by atoms with Gasteiger partial charge in [0.05, 0.1) is 0 Å². The van der Waals surface area contributed by atoms with Gasteiger partial charge in [0.25, 0.3) is 0 Å². The summed E-state index contributed by atoms with van der Waals surface area (Å²) in [6.45, 7) is -1.65. The van der Waals surface area contributed by atoms with Crippen molar-refractivity contribution in [3.63, 3.8) is 0 Å². The predicted octanol–water partition coefficient (Wildman–Crippen LogP) is -0.313. The fourth-order valence-electron chi connectivity index (χ4n) is 1.11. The first kappa shape index (κ1) is 14.7. The summed E-state index contributed by atoms with van der Waals surface area (Å²) < 4.78 is 62.8. The van der Waals surface area contributed by atoms with Crippen LogP contribution in [0.15, 0.2) is 6.20 Å². The summed E-state index contributed by atoms with van der Waals surface area (Å²) in [5.74, 6) is -0.102. The van der Waals surface area contributed by atoms with Gasteiger partial charge in [-0.25, -0.2) is 0 Å². The first-order valence-electron chi connectivity index (χ1n) is 4.70. The van der Waals surface area contributed by atoms with Crippen molar-refractivity contribution in [1.29, 1.82) is 0 Å². The molecule has 18 heavy (non-hydrogen) atoms. The third kappa shape index (κ3) is 4.50. The van der Waals surface area contributed by atoms with Gasteiger partial charge in [-0.1, -0.05) is 0 Å². The quantitative estimate of drug-likeness (QED) is 0.691. The van der Waals surface area contributed by atoms with Gasteiger partial charge in [-0.2, -0.15) is 31.4 Å². The van der Waals surface area contributed by atoms with Gasteiger partial charge in [0.1, 0.15) is 6.54 Å². The number of halogens is 3. The van der Waals surface area contributed by atoms with Gasteiger partial charge in [0, 0.05) is 25.4 Å². The van der Waals surface area contributed by atoms with Crippen LogP contribution in [0.1, 0.15) is 5.56 Å². The molecule has 0 bridgehead atoms. The first-order valence-corrected chi connectivity index (χ1v) is 6.18. The van der Waals surface area contributed by atoms with Crippen LogP contribution in [-0.2, 0) is 23.8 Å². The molecule has 0 aliphatic carbocycles. The number of anilines is 1. The number of nitrogens with one attached hydrogen (secondary N) is 2. The van der Waals surface area contributed by atoms with Crippen LogP contribution >= 0.6 is 0 Å². The van der Waals surface area contributed by atoms with Gasteiger partial charge >= 0.3 is 16.4 Å². The normalized spacial score (nSPS) is 12.7. The number of nitrogens with zero attached hydrogens (tertiary/aromatic N) is 2. The Morgan fingerprint density at radius 2 is 2.11 bits per heavy atom. The maximum Gasteiger partial charge on any atom is 0.402 e. The van der Waals surface area contributed by atoms with Crippen LogP contribution < -0.4 is 15.2 Å². The predicted molar refractivity (Wildman–Crippen MR) is 57.7 cm³/mol. The molecule has 104 valence electrons. The van der Waals surface area contributed by atoms with Crippen molar-refractivity contribution in [3.05, 3.63) is 11.8 Å². The summed E-state index contributed by atoms with van der Waals surface area (Å²) in [7, 11) is -2.81. The van der Waals surface area contributed by atoms with E-state index in [1.54, 1.807) is 0 Å². The Labute approximate surface area is 101 Å². The molecule has 0 aliphatic rings. The first-order chi connectivity index (χ1) is 8.13. The average molecular weight is 287 g/mol. The number of aromatic nitrogens is 2. The van der Waals surface area contributed by atoms with Crippen molar-refractivity contribution >= 4 is 16.0 Å². The molecular formula is C7H12F3N5O2S. The van der Waals surface area contributed by atoms with Crippen molar-refractivity contribution in [2.75, 3.05) is 11.3 Å². The zero-order valence-electron chi connectivity index (χ0n) is 9.32. The lowest BCUT2D eigenvalue weighted by Crippen LogP contribution is -2.37. The average Bonchev–Trinajstić information content (AvgIpc) is 2.54. The number of aryl methyl sites for hydroxylation is 1. The van der Waals surface area contributed by atoms with E-state index in [4.69, 9.17) is 5.73 Å². The zero-order valence-corrected chi connectivity index (χ0v) is 10.1. The molecule has 1 heterocycles. The van der Waals surface area contributed by atoms with Gasteiger partial charge in [-0.15, -0.1) is 0 Å². The molecular weight excluding hydrogens is 275 g/mol. The maximum atomic E-state index is 11.9. The lowest BCUT2D eigenvalue weighted by atomic mass is 10.3. The molecule has 1 aromatic heterocycles. The third-order valence-corrected chi connectivity index (χ3v) is 2.80. The molecule has 0 atom stereocenters. The summed E-state index contributed by atoms with van der Waals surface area (Å²) in [5, 5.41) is 3.74. The van der Waals surface area contributed by atoms with E-state index in [0.29, 0.717) is 5.56 Å². The Bertz CT molecular complexity index is 510. The van der Waals surface area contributed by atoms with Gasteiger partial charge in [-0.3, -0.25) is 9.40 Å². The number of rotatable bonds is 5. The SMILES string of the molecule is Cn1cc(CN)c(NS(=O)(=O)NCC(F)(F)F)n1. The van der Waals surface area contributed by atoms with E-state index in [2.05, 4.69) is 5.10 Å². The second kappa shape index (κ2) is 5.12. The van der Waals surface area contributed by atoms with E-state index in [1.807, 2.05) is 4.72 Å². The van der Waals surface area contributed by atoms with Gasteiger partial charge in [0.15, 0.2) is 5.82 Å². The van der Waals surface area contributed by atoms with Crippen molar-refractivity contribution < 1.29 is 21.6 Å². The topological polar surface area (TPSA) is 102 Å². The second-order valence-corrected chi connectivity index (χ2v) is 4.92. The van der Waals surface area contributed by atoms with Crippen LogP contribution in [0, 0.1) is 0 Å². The molecule has 0 spiro atoms. The number of hydrogen-bond donors (Lipinski definition) is 3. The fourth-order valence-corrected chi connectivity index (χ4v) is 1.97. The van der Waals surface area contributed by atoms with Crippen LogP contribution in [0.25, 0.3) is 0 Å². The molecule has 11 heteroatoms. The Morgan fingerprint density at radius 3 is 2.61 bits per heavy atom. The lowest BCUT2D eigenvalue weighted by molar-refractivity contribution is -0.121. The standard InChI is InChI=1S/C7H12F3N5O2S/c1-15-3-5(2-11)6(13-15)14-18(16,17)12-4-7(8,9)10/h3,12H,2,4,11H2,1H3,(H,13,14). The van der Waals surface area contributed by atoms with E-state index in [0.717, 1.165) is 0 Å². The number of alkyl halides is 3. The molecule has 1 rings (SSSR count). The van der Waals surface area contributed by atoms with E-state index >= 15 is 0 Å². The zero-order chi connectivity index (χ0) is 14.0.